The van der Waals surface area contributed by atoms with Crippen molar-refractivity contribution in [2.24, 2.45) is 0 Å². The predicted octanol–water partition coefficient (Wildman–Crippen LogP) is 4.68. The fraction of sp³-hybridized carbons (Fsp3) is 0.444. The largest absolute Gasteiger partial charge is 0.493 e. The Morgan fingerprint density at radius 1 is 1.32 bits per heavy atom. The Balaban J connectivity index is 2.21. The first-order chi connectivity index (χ1) is 11.8. The third-order valence-corrected chi connectivity index (χ3v) is 3.71. The Morgan fingerprint density at radius 3 is 2.60 bits per heavy atom. The van der Waals surface area contributed by atoms with Crippen LogP contribution >= 0.6 is 11.6 Å². The molecular weight excluding hydrogens is 344 g/mol. The van der Waals surface area contributed by atoms with Crippen LogP contribution < -0.4 is 14.8 Å². The lowest BCUT2D eigenvalue weighted by atomic mass is 9.93. The van der Waals surface area contributed by atoms with Crippen LogP contribution in [0.5, 0.6) is 11.5 Å². The molecule has 1 aromatic carbocycles. The van der Waals surface area contributed by atoms with E-state index >= 15 is 0 Å². The molecule has 1 N–H and O–H groups in total. The van der Waals surface area contributed by atoms with Crippen LogP contribution in [0.3, 0.4) is 0 Å². The summed E-state index contributed by atoms with van der Waals surface area (Å²) in [5, 5.41) is 6.88. The molecule has 0 spiro atoms. The molecule has 0 fully saturated rings. The van der Waals surface area contributed by atoms with Gasteiger partial charge in [-0.15, -0.1) is 0 Å². The van der Waals surface area contributed by atoms with Crippen LogP contribution in [0.2, 0.25) is 5.02 Å². The van der Waals surface area contributed by atoms with Gasteiger partial charge in [0, 0.05) is 17.0 Å². The summed E-state index contributed by atoms with van der Waals surface area (Å²) >= 11 is 6.24. The van der Waals surface area contributed by atoms with Crippen molar-refractivity contribution in [1.82, 2.24) is 5.16 Å². The van der Waals surface area contributed by atoms with Gasteiger partial charge in [0.2, 0.25) is 0 Å². The number of nitrogens with zero attached hydrogens (tertiary/aromatic N) is 1. The maximum absolute atomic E-state index is 12.5. The lowest BCUT2D eigenvalue weighted by Gasteiger charge is -2.13. The first-order valence-corrected chi connectivity index (χ1v) is 8.43. The van der Waals surface area contributed by atoms with Gasteiger partial charge in [0.1, 0.15) is 5.76 Å². The Kier molecular flexibility index (Phi) is 5.95. The third-order valence-electron chi connectivity index (χ3n) is 3.43. The Bertz CT molecular complexity index is 750. The van der Waals surface area contributed by atoms with Gasteiger partial charge in [0.15, 0.2) is 17.3 Å². The van der Waals surface area contributed by atoms with Crippen molar-refractivity contribution in [3.63, 3.8) is 0 Å². The minimum atomic E-state index is -0.365. The van der Waals surface area contributed by atoms with Gasteiger partial charge >= 0.3 is 0 Å². The molecule has 7 heteroatoms. The number of nitrogens with one attached hydrogen (secondary N) is 1. The summed E-state index contributed by atoms with van der Waals surface area (Å²) in [5.74, 6) is 1.50. The fourth-order valence-corrected chi connectivity index (χ4v) is 2.34. The van der Waals surface area contributed by atoms with Gasteiger partial charge < -0.3 is 19.3 Å². The van der Waals surface area contributed by atoms with E-state index < -0.39 is 0 Å². The van der Waals surface area contributed by atoms with Crippen molar-refractivity contribution < 1.29 is 18.8 Å². The Hall–Kier alpha value is -2.21. The van der Waals surface area contributed by atoms with Crippen molar-refractivity contribution in [2.75, 3.05) is 19.0 Å². The number of methoxy groups -OCH3 is 1. The van der Waals surface area contributed by atoms with Gasteiger partial charge in [-0.05, 0) is 18.6 Å². The van der Waals surface area contributed by atoms with Crippen molar-refractivity contribution in [2.45, 2.75) is 39.5 Å². The first kappa shape index (κ1) is 19.1. The van der Waals surface area contributed by atoms with Gasteiger partial charge in [-0.25, -0.2) is 0 Å². The number of halogens is 1. The molecule has 0 saturated carbocycles. The van der Waals surface area contributed by atoms with Gasteiger partial charge in [0.05, 0.1) is 18.7 Å². The molecule has 2 rings (SSSR count). The van der Waals surface area contributed by atoms with Crippen LogP contribution in [-0.4, -0.2) is 24.8 Å². The quantitative estimate of drug-likeness (QED) is 0.803. The number of hydrogen-bond acceptors (Lipinski definition) is 5. The summed E-state index contributed by atoms with van der Waals surface area (Å²) in [4.78, 5) is 12.5. The number of carbonyl (C=O) groups excluding carboxylic acids is 1. The molecule has 1 amide bonds. The van der Waals surface area contributed by atoms with E-state index in [0.717, 1.165) is 6.42 Å². The molecule has 25 heavy (non-hydrogen) atoms. The summed E-state index contributed by atoms with van der Waals surface area (Å²) in [7, 11) is 1.50. The van der Waals surface area contributed by atoms with Crippen molar-refractivity contribution in [3.8, 4) is 11.5 Å². The van der Waals surface area contributed by atoms with E-state index in [9.17, 15) is 4.79 Å². The van der Waals surface area contributed by atoms with Crippen LogP contribution in [0.1, 0.15) is 50.2 Å². The van der Waals surface area contributed by atoms with Crippen LogP contribution in [0, 0.1) is 0 Å². The highest BCUT2D eigenvalue weighted by Gasteiger charge is 2.21. The highest BCUT2D eigenvalue weighted by Crippen LogP contribution is 2.36. The molecule has 0 atom stereocenters. The van der Waals surface area contributed by atoms with E-state index in [1.807, 2.05) is 27.7 Å². The van der Waals surface area contributed by atoms with Crippen molar-refractivity contribution in [3.05, 3.63) is 34.5 Å². The average Bonchev–Trinajstić information content (AvgIpc) is 3.01. The molecule has 0 bridgehead atoms. The monoisotopic (exact) mass is 366 g/mol. The summed E-state index contributed by atoms with van der Waals surface area (Å²) in [6.07, 6.45) is 0.837. The van der Waals surface area contributed by atoms with E-state index in [1.165, 1.54) is 13.2 Å². The highest BCUT2D eigenvalue weighted by molar-refractivity contribution is 6.32. The number of benzene rings is 1. The molecule has 0 saturated heterocycles. The lowest BCUT2D eigenvalue weighted by Crippen LogP contribution is -2.13. The predicted molar refractivity (Wildman–Crippen MR) is 96.9 cm³/mol. The Labute approximate surface area is 152 Å². The standard InChI is InChI=1S/C18H23ClN2O4/c1-6-7-24-16-12(19)8-11(9-13(16)23-5)17(22)20-15-10-14(25-21-15)18(2,3)4/h8-10H,6-7H2,1-5H3,(H,20,21,22). The number of hydrogen-bond donors (Lipinski definition) is 1. The third kappa shape index (κ3) is 4.66. The zero-order valence-corrected chi connectivity index (χ0v) is 15.9. The van der Waals surface area contributed by atoms with E-state index in [-0.39, 0.29) is 11.3 Å². The van der Waals surface area contributed by atoms with Crippen molar-refractivity contribution in [1.29, 1.82) is 0 Å². The van der Waals surface area contributed by atoms with E-state index in [0.29, 0.717) is 40.3 Å². The number of aromatic nitrogens is 1. The van der Waals surface area contributed by atoms with E-state index in [4.69, 9.17) is 25.6 Å². The van der Waals surface area contributed by atoms with Gasteiger partial charge in [-0.1, -0.05) is 44.5 Å². The molecule has 0 aliphatic carbocycles. The van der Waals surface area contributed by atoms with Gasteiger partial charge in [0.25, 0.3) is 5.91 Å². The van der Waals surface area contributed by atoms with E-state index in [1.54, 1.807) is 12.1 Å². The van der Waals surface area contributed by atoms with Gasteiger partial charge in [-0.2, -0.15) is 0 Å². The Morgan fingerprint density at radius 2 is 2.04 bits per heavy atom. The van der Waals surface area contributed by atoms with Crippen LogP contribution in [0.15, 0.2) is 22.7 Å². The van der Waals surface area contributed by atoms with Crippen LogP contribution in [0.4, 0.5) is 5.82 Å². The molecule has 1 aromatic heterocycles. The second-order valence-corrected chi connectivity index (χ2v) is 7.03. The molecular formula is C18H23ClN2O4. The minimum absolute atomic E-state index is 0.194. The summed E-state index contributed by atoms with van der Waals surface area (Å²) in [6.45, 7) is 8.50. The summed E-state index contributed by atoms with van der Waals surface area (Å²) < 4.78 is 16.1. The molecule has 0 aliphatic rings. The minimum Gasteiger partial charge on any atom is -0.493 e. The molecule has 0 aliphatic heterocycles. The number of amides is 1. The lowest BCUT2D eigenvalue weighted by molar-refractivity contribution is 0.102. The number of anilines is 1. The van der Waals surface area contributed by atoms with Crippen LogP contribution in [-0.2, 0) is 5.41 Å². The number of carbonyl (C=O) groups is 1. The highest BCUT2D eigenvalue weighted by atomic mass is 35.5. The van der Waals surface area contributed by atoms with Crippen LogP contribution in [0.25, 0.3) is 0 Å². The number of rotatable bonds is 6. The van der Waals surface area contributed by atoms with Crippen molar-refractivity contribution >= 4 is 23.3 Å². The SMILES string of the molecule is CCCOc1c(Cl)cc(C(=O)Nc2cc(C(C)(C)C)on2)cc1OC. The van der Waals surface area contributed by atoms with E-state index in [2.05, 4.69) is 10.5 Å². The molecule has 2 aromatic rings. The maximum atomic E-state index is 12.5. The first-order valence-electron chi connectivity index (χ1n) is 8.05. The van der Waals surface area contributed by atoms with Gasteiger partial charge in [-0.3, -0.25) is 4.79 Å². The average molecular weight is 367 g/mol. The zero-order chi connectivity index (χ0) is 18.6. The summed E-state index contributed by atoms with van der Waals surface area (Å²) in [5.41, 5.74) is 0.145. The molecule has 0 unspecified atom stereocenters. The maximum Gasteiger partial charge on any atom is 0.257 e. The normalized spacial score (nSPS) is 11.3. The second kappa shape index (κ2) is 7.78. The molecule has 6 nitrogen and oxygen atoms in total. The topological polar surface area (TPSA) is 73.6 Å². The molecule has 136 valence electrons. The summed E-state index contributed by atoms with van der Waals surface area (Å²) in [6, 6.07) is 4.82. The molecule has 1 heterocycles. The smallest absolute Gasteiger partial charge is 0.257 e. The second-order valence-electron chi connectivity index (χ2n) is 6.62. The fourth-order valence-electron chi connectivity index (χ4n) is 2.07. The molecule has 0 radical (unpaired) electrons. The number of ether oxygens (including phenoxy) is 2. The zero-order valence-electron chi connectivity index (χ0n) is 15.1.